The topological polar surface area (TPSA) is 66.5 Å². The highest BCUT2D eigenvalue weighted by Crippen LogP contribution is 2.20. The molecule has 1 amide bonds. The van der Waals surface area contributed by atoms with Gasteiger partial charge in [-0.05, 0) is 49.8 Å². The van der Waals surface area contributed by atoms with E-state index >= 15 is 0 Å². The highest BCUT2D eigenvalue weighted by atomic mass is 32.2. The molecule has 1 aromatic rings. The van der Waals surface area contributed by atoms with Crippen molar-refractivity contribution in [1.82, 2.24) is 9.62 Å². The van der Waals surface area contributed by atoms with Gasteiger partial charge in [0.25, 0.3) is 0 Å². The number of hydrogen-bond acceptors (Lipinski definition) is 3. The van der Waals surface area contributed by atoms with E-state index in [9.17, 15) is 17.6 Å². The lowest BCUT2D eigenvalue weighted by molar-refractivity contribution is -0.121. The van der Waals surface area contributed by atoms with E-state index in [0.717, 1.165) is 31.1 Å². The van der Waals surface area contributed by atoms with Crippen LogP contribution in [0.25, 0.3) is 0 Å². The van der Waals surface area contributed by atoms with Gasteiger partial charge in [0.2, 0.25) is 15.9 Å². The lowest BCUT2D eigenvalue weighted by Gasteiger charge is -2.21. The van der Waals surface area contributed by atoms with Gasteiger partial charge in [0, 0.05) is 13.1 Å². The molecule has 0 atom stereocenters. The first kappa shape index (κ1) is 19.6. The van der Waals surface area contributed by atoms with Crippen LogP contribution in [-0.2, 0) is 21.4 Å². The van der Waals surface area contributed by atoms with Crippen molar-refractivity contribution in [1.29, 1.82) is 0 Å². The summed E-state index contributed by atoms with van der Waals surface area (Å²) in [7, 11) is -3.45. The standard InChI is InChI=1S/C18H25FN2O3S/c1-25(23,24)21(12-11-15-5-3-2-4-6-15)14-18(22)20-13-16-7-9-17(19)10-8-16/h5,7-10H,2-4,6,11-14H2,1H3,(H,20,22). The smallest absolute Gasteiger partial charge is 0.235 e. The van der Waals surface area contributed by atoms with Crippen molar-refractivity contribution in [3.05, 3.63) is 47.3 Å². The average Bonchev–Trinajstić information content (AvgIpc) is 2.58. The molecule has 1 aromatic carbocycles. The fourth-order valence-electron chi connectivity index (χ4n) is 2.78. The second-order valence-corrected chi connectivity index (χ2v) is 8.34. The Morgan fingerprint density at radius 2 is 1.96 bits per heavy atom. The highest BCUT2D eigenvalue weighted by molar-refractivity contribution is 7.88. The molecule has 2 rings (SSSR count). The van der Waals surface area contributed by atoms with Gasteiger partial charge in [-0.15, -0.1) is 0 Å². The number of rotatable bonds is 8. The Balaban J connectivity index is 1.86. The summed E-state index contributed by atoms with van der Waals surface area (Å²) in [4.78, 5) is 12.1. The van der Waals surface area contributed by atoms with E-state index in [1.54, 1.807) is 12.1 Å². The molecule has 138 valence electrons. The summed E-state index contributed by atoms with van der Waals surface area (Å²) in [5.74, 6) is -0.706. The Hall–Kier alpha value is -1.73. The predicted octanol–water partition coefficient (Wildman–Crippen LogP) is 2.59. The van der Waals surface area contributed by atoms with E-state index in [2.05, 4.69) is 11.4 Å². The van der Waals surface area contributed by atoms with Gasteiger partial charge in [-0.2, -0.15) is 4.31 Å². The number of carbonyl (C=O) groups excluding carboxylic acids is 1. The molecule has 0 saturated carbocycles. The van der Waals surface area contributed by atoms with E-state index < -0.39 is 10.0 Å². The number of allylic oxidation sites excluding steroid dienone is 1. The van der Waals surface area contributed by atoms with Crippen molar-refractivity contribution in [2.24, 2.45) is 0 Å². The lowest BCUT2D eigenvalue weighted by Crippen LogP contribution is -2.40. The zero-order valence-electron chi connectivity index (χ0n) is 14.5. The number of benzene rings is 1. The molecule has 25 heavy (non-hydrogen) atoms. The predicted molar refractivity (Wildman–Crippen MR) is 95.8 cm³/mol. The van der Waals surface area contributed by atoms with Crippen LogP contribution in [-0.4, -0.2) is 38.0 Å². The van der Waals surface area contributed by atoms with Crippen molar-refractivity contribution in [3.8, 4) is 0 Å². The van der Waals surface area contributed by atoms with Crippen LogP contribution in [0.4, 0.5) is 4.39 Å². The summed E-state index contributed by atoms with van der Waals surface area (Å²) in [6, 6.07) is 5.81. The number of hydrogen-bond donors (Lipinski definition) is 1. The third-order valence-corrected chi connectivity index (χ3v) is 5.51. The molecule has 0 bridgehead atoms. The van der Waals surface area contributed by atoms with Gasteiger partial charge in [0.05, 0.1) is 12.8 Å². The van der Waals surface area contributed by atoms with Crippen molar-refractivity contribution >= 4 is 15.9 Å². The van der Waals surface area contributed by atoms with E-state index in [0.29, 0.717) is 13.0 Å². The lowest BCUT2D eigenvalue weighted by atomic mass is 9.97. The molecule has 0 aromatic heterocycles. The first-order valence-corrected chi connectivity index (χ1v) is 10.3. The first-order valence-electron chi connectivity index (χ1n) is 8.49. The Morgan fingerprint density at radius 3 is 2.56 bits per heavy atom. The molecular formula is C18H25FN2O3S. The number of halogens is 1. The number of nitrogens with one attached hydrogen (secondary N) is 1. The van der Waals surface area contributed by atoms with Crippen LogP contribution in [0, 0.1) is 5.82 Å². The molecule has 5 nitrogen and oxygen atoms in total. The summed E-state index contributed by atoms with van der Waals surface area (Å²) < 4.78 is 37.9. The molecule has 1 aliphatic rings. The first-order chi connectivity index (χ1) is 11.8. The molecule has 0 unspecified atom stereocenters. The van der Waals surface area contributed by atoms with Gasteiger partial charge >= 0.3 is 0 Å². The van der Waals surface area contributed by atoms with Crippen LogP contribution in [0.5, 0.6) is 0 Å². The zero-order valence-corrected chi connectivity index (χ0v) is 15.3. The van der Waals surface area contributed by atoms with E-state index in [-0.39, 0.29) is 24.8 Å². The fourth-order valence-corrected chi connectivity index (χ4v) is 3.56. The average molecular weight is 368 g/mol. The third-order valence-electron chi connectivity index (χ3n) is 4.26. The minimum atomic E-state index is -3.45. The Labute approximate surface area is 149 Å². The maximum atomic E-state index is 12.9. The molecule has 0 radical (unpaired) electrons. The summed E-state index contributed by atoms with van der Waals surface area (Å²) in [5, 5.41) is 2.68. The second-order valence-electron chi connectivity index (χ2n) is 6.36. The number of nitrogens with zero attached hydrogens (tertiary/aromatic N) is 1. The fraction of sp³-hybridized carbons (Fsp3) is 0.500. The molecule has 0 heterocycles. The minimum Gasteiger partial charge on any atom is -0.351 e. The SMILES string of the molecule is CS(=O)(=O)N(CCC1=CCCCC1)CC(=O)NCc1ccc(F)cc1. The molecule has 0 saturated heterocycles. The van der Waals surface area contributed by atoms with Crippen LogP contribution in [0.1, 0.15) is 37.7 Å². The molecule has 0 aliphatic heterocycles. The van der Waals surface area contributed by atoms with E-state index in [1.165, 1.54) is 28.4 Å². The van der Waals surface area contributed by atoms with Crippen LogP contribution >= 0.6 is 0 Å². The molecule has 0 fully saturated rings. The van der Waals surface area contributed by atoms with Crippen molar-refractivity contribution in [2.45, 2.75) is 38.6 Å². The normalized spacial score (nSPS) is 15.1. The van der Waals surface area contributed by atoms with Crippen molar-refractivity contribution < 1.29 is 17.6 Å². The Morgan fingerprint density at radius 1 is 1.24 bits per heavy atom. The van der Waals surface area contributed by atoms with Crippen molar-refractivity contribution in [3.63, 3.8) is 0 Å². The third kappa shape index (κ3) is 6.96. The quantitative estimate of drug-likeness (QED) is 0.717. The number of amides is 1. The van der Waals surface area contributed by atoms with Gasteiger partial charge in [0.1, 0.15) is 5.82 Å². The number of sulfonamides is 1. The summed E-state index contributed by atoms with van der Waals surface area (Å²) in [6.07, 6.45) is 8.35. The van der Waals surface area contributed by atoms with Crippen LogP contribution in [0.2, 0.25) is 0 Å². The van der Waals surface area contributed by atoms with E-state index in [1.807, 2.05) is 0 Å². The second kappa shape index (κ2) is 9.10. The molecule has 0 spiro atoms. The van der Waals surface area contributed by atoms with Gasteiger partial charge in [0.15, 0.2) is 0 Å². The van der Waals surface area contributed by atoms with Gasteiger partial charge in [-0.3, -0.25) is 4.79 Å². The Kier molecular flexibility index (Phi) is 7.13. The summed E-state index contributed by atoms with van der Waals surface area (Å²) >= 11 is 0. The molecular weight excluding hydrogens is 343 g/mol. The van der Waals surface area contributed by atoms with Crippen LogP contribution in [0.3, 0.4) is 0 Å². The van der Waals surface area contributed by atoms with Gasteiger partial charge in [-0.25, -0.2) is 12.8 Å². The Bertz CT molecular complexity index is 714. The minimum absolute atomic E-state index is 0.201. The van der Waals surface area contributed by atoms with Crippen molar-refractivity contribution in [2.75, 3.05) is 19.3 Å². The largest absolute Gasteiger partial charge is 0.351 e. The molecule has 1 N–H and O–H groups in total. The number of carbonyl (C=O) groups is 1. The van der Waals surface area contributed by atoms with Crippen LogP contribution < -0.4 is 5.32 Å². The van der Waals surface area contributed by atoms with Gasteiger partial charge in [-0.1, -0.05) is 23.8 Å². The van der Waals surface area contributed by atoms with Crippen LogP contribution in [0.15, 0.2) is 35.9 Å². The maximum Gasteiger partial charge on any atom is 0.235 e. The molecule has 7 heteroatoms. The van der Waals surface area contributed by atoms with E-state index in [4.69, 9.17) is 0 Å². The summed E-state index contributed by atoms with van der Waals surface area (Å²) in [6.45, 7) is 0.351. The monoisotopic (exact) mass is 368 g/mol. The highest BCUT2D eigenvalue weighted by Gasteiger charge is 2.20. The molecule has 1 aliphatic carbocycles. The summed E-state index contributed by atoms with van der Waals surface area (Å²) in [5.41, 5.74) is 2.03. The zero-order chi connectivity index (χ0) is 18.3. The maximum absolute atomic E-state index is 12.9. The van der Waals surface area contributed by atoms with Gasteiger partial charge < -0.3 is 5.32 Å².